The predicted octanol–water partition coefficient (Wildman–Crippen LogP) is 3.31. The Labute approximate surface area is 118 Å². The van der Waals surface area contributed by atoms with Crippen LogP contribution in [0.5, 0.6) is 0 Å². The lowest BCUT2D eigenvalue weighted by molar-refractivity contribution is -0.384. The fourth-order valence-corrected chi connectivity index (χ4v) is 2.17. The van der Waals surface area contributed by atoms with Crippen molar-refractivity contribution in [2.45, 2.75) is 20.4 Å². The first-order chi connectivity index (χ1) is 8.99. The molecule has 0 radical (unpaired) electrons. The first-order valence-electron chi connectivity index (χ1n) is 5.67. The molecular weight excluding hydrogens is 312 g/mol. The highest BCUT2D eigenvalue weighted by molar-refractivity contribution is 9.10. The molecule has 1 heterocycles. The Morgan fingerprint density at radius 2 is 2.21 bits per heavy atom. The average molecular weight is 325 g/mol. The van der Waals surface area contributed by atoms with Gasteiger partial charge in [-0.25, -0.2) is 0 Å². The Morgan fingerprint density at radius 3 is 2.79 bits per heavy atom. The van der Waals surface area contributed by atoms with Gasteiger partial charge in [-0.05, 0) is 35.8 Å². The van der Waals surface area contributed by atoms with Crippen LogP contribution in [-0.2, 0) is 6.54 Å². The van der Waals surface area contributed by atoms with E-state index >= 15 is 0 Å². The molecule has 0 bridgehead atoms. The molecule has 0 unspecified atom stereocenters. The second-order valence-corrected chi connectivity index (χ2v) is 5.04. The topological polar surface area (TPSA) is 83.8 Å². The summed E-state index contributed by atoms with van der Waals surface area (Å²) in [5.74, 6) is 0. The summed E-state index contributed by atoms with van der Waals surface area (Å²) in [6.07, 6.45) is 0. The van der Waals surface area contributed by atoms with Gasteiger partial charge in [0.25, 0.3) is 5.69 Å². The third-order valence-electron chi connectivity index (χ3n) is 2.90. The molecule has 0 aliphatic carbocycles. The number of hydrogen-bond acceptors (Lipinski definition) is 4. The molecule has 100 valence electrons. The molecule has 0 saturated heterocycles. The quantitative estimate of drug-likeness (QED) is 0.667. The van der Waals surface area contributed by atoms with Gasteiger partial charge in [0.1, 0.15) is 0 Å². The van der Waals surface area contributed by atoms with Crippen molar-refractivity contribution in [3.05, 3.63) is 49.7 Å². The number of aromatic amines is 1. The van der Waals surface area contributed by atoms with Crippen LogP contribution in [0.3, 0.4) is 0 Å². The number of halogens is 1. The summed E-state index contributed by atoms with van der Waals surface area (Å²) in [5, 5.41) is 21.0. The van der Waals surface area contributed by atoms with Gasteiger partial charge in [0.15, 0.2) is 0 Å². The fourth-order valence-electron chi connectivity index (χ4n) is 1.78. The number of non-ortho nitro benzene ring substituents is 1. The van der Waals surface area contributed by atoms with Crippen LogP contribution in [0.1, 0.15) is 17.0 Å². The summed E-state index contributed by atoms with van der Waals surface area (Å²) in [7, 11) is 0. The lowest BCUT2D eigenvalue weighted by Gasteiger charge is -2.08. The fraction of sp³-hybridized carbons (Fsp3) is 0.250. The first kappa shape index (κ1) is 13.5. The molecule has 0 aliphatic heterocycles. The largest absolute Gasteiger partial charge is 0.380 e. The highest BCUT2D eigenvalue weighted by Crippen LogP contribution is 2.27. The van der Waals surface area contributed by atoms with Crippen LogP contribution >= 0.6 is 15.9 Å². The van der Waals surface area contributed by atoms with Crippen molar-refractivity contribution in [3.8, 4) is 0 Å². The minimum atomic E-state index is -0.411. The van der Waals surface area contributed by atoms with Crippen LogP contribution in [0.25, 0.3) is 0 Å². The Hall–Kier alpha value is -1.89. The monoisotopic (exact) mass is 324 g/mol. The molecule has 6 nitrogen and oxygen atoms in total. The average Bonchev–Trinajstić information content (AvgIpc) is 2.68. The van der Waals surface area contributed by atoms with E-state index in [1.165, 1.54) is 12.1 Å². The SMILES string of the molecule is Cc1n[nH]c(C)c1CNc1cc([N+](=O)[O-])ccc1Br. The Bertz CT molecular complexity index is 605. The molecule has 0 atom stereocenters. The molecule has 0 amide bonds. The van der Waals surface area contributed by atoms with Crippen LogP contribution in [0.2, 0.25) is 0 Å². The Balaban J connectivity index is 2.20. The molecule has 19 heavy (non-hydrogen) atoms. The molecule has 2 rings (SSSR count). The van der Waals surface area contributed by atoms with E-state index in [1.807, 2.05) is 13.8 Å². The van der Waals surface area contributed by atoms with Gasteiger partial charge < -0.3 is 5.32 Å². The zero-order chi connectivity index (χ0) is 14.0. The van der Waals surface area contributed by atoms with E-state index in [-0.39, 0.29) is 5.69 Å². The van der Waals surface area contributed by atoms with Crippen molar-refractivity contribution >= 4 is 27.3 Å². The normalized spacial score (nSPS) is 10.5. The van der Waals surface area contributed by atoms with Gasteiger partial charge in [0.2, 0.25) is 0 Å². The maximum atomic E-state index is 10.8. The molecule has 0 fully saturated rings. The second kappa shape index (κ2) is 5.40. The number of H-pyrrole nitrogens is 1. The molecule has 7 heteroatoms. The minimum Gasteiger partial charge on any atom is -0.380 e. The van der Waals surface area contributed by atoms with Gasteiger partial charge in [0, 0.05) is 34.4 Å². The van der Waals surface area contributed by atoms with Crippen LogP contribution < -0.4 is 5.32 Å². The third-order valence-corrected chi connectivity index (χ3v) is 3.59. The van der Waals surface area contributed by atoms with E-state index in [0.717, 1.165) is 21.4 Å². The number of anilines is 1. The summed E-state index contributed by atoms with van der Waals surface area (Å²) in [5.41, 5.74) is 3.73. The van der Waals surface area contributed by atoms with Crippen LogP contribution in [-0.4, -0.2) is 15.1 Å². The molecule has 1 aromatic carbocycles. The second-order valence-electron chi connectivity index (χ2n) is 4.19. The summed E-state index contributed by atoms with van der Waals surface area (Å²) in [6, 6.07) is 4.63. The van der Waals surface area contributed by atoms with Gasteiger partial charge in [-0.3, -0.25) is 15.2 Å². The summed E-state index contributed by atoms with van der Waals surface area (Å²) >= 11 is 3.37. The standard InChI is InChI=1S/C12H13BrN4O2/c1-7-10(8(2)16-15-7)6-14-12-5-9(17(18)19)3-4-11(12)13/h3-5,14H,6H2,1-2H3,(H,15,16). The number of rotatable bonds is 4. The van der Waals surface area contributed by atoms with Gasteiger partial charge in [-0.15, -0.1) is 0 Å². The van der Waals surface area contributed by atoms with Gasteiger partial charge in [-0.2, -0.15) is 5.10 Å². The minimum absolute atomic E-state index is 0.0614. The number of nitro groups is 1. The number of aromatic nitrogens is 2. The molecule has 2 N–H and O–H groups in total. The summed E-state index contributed by atoms with van der Waals surface area (Å²) in [4.78, 5) is 10.3. The highest BCUT2D eigenvalue weighted by atomic mass is 79.9. The van der Waals surface area contributed by atoms with Crippen molar-refractivity contribution in [2.75, 3.05) is 5.32 Å². The highest BCUT2D eigenvalue weighted by Gasteiger charge is 2.11. The first-order valence-corrected chi connectivity index (χ1v) is 6.46. The molecule has 0 saturated carbocycles. The van der Waals surface area contributed by atoms with E-state index in [2.05, 4.69) is 31.4 Å². The van der Waals surface area contributed by atoms with E-state index in [0.29, 0.717) is 12.2 Å². The molecule has 2 aromatic rings. The predicted molar refractivity (Wildman–Crippen MR) is 76.2 cm³/mol. The summed E-state index contributed by atoms with van der Waals surface area (Å²) < 4.78 is 0.789. The van der Waals surface area contributed by atoms with E-state index in [1.54, 1.807) is 6.07 Å². The van der Waals surface area contributed by atoms with Crippen molar-refractivity contribution in [1.82, 2.24) is 10.2 Å². The van der Waals surface area contributed by atoms with Crippen molar-refractivity contribution in [1.29, 1.82) is 0 Å². The smallest absolute Gasteiger partial charge is 0.271 e. The maximum absolute atomic E-state index is 10.8. The summed E-state index contributed by atoms with van der Waals surface area (Å²) in [6.45, 7) is 4.43. The van der Waals surface area contributed by atoms with E-state index < -0.39 is 4.92 Å². The van der Waals surface area contributed by atoms with Crippen molar-refractivity contribution in [3.63, 3.8) is 0 Å². The number of nitrogens with one attached hydrogen (secondary N) is 2. The van der Waals surface area contributed by atoms with Gasteiger partial charge >= 0.3 is 0 Å². The molecule has 1 aromatic heterocycles. The molecule has 0 spiro atoms. The molecular formula is C12H13BrN4O2. The van der Waals surface area contributed by atoms with E-state index in [9.17, 15) is 10.1 Å². The third kappa shape index (κ3) is 2.93. The molecule has 0 aliphatic rings. The lowest BCUT2D eigenvalue weighted by Crippen LogP contribution is -2.02. The maximum Gasteiger partial charge on any atom is 0.271 e. The van der Waals surface area contributed by atoms with E-state index in [4.69, 9.17) is 0 Å². The Morgan fingerprint density at radius 1 is 1.47 bits per heavy atom. The number of nitro benzene ring substituents is 1. The van der Waals surface area contributed by atoms with Crippen LogP contribution in [0.15, 0.2) is 22.7 Å². The zero-order valence-electron chi connectivity index (χ0n) is 10.5. The van der Waals surface area contributed by atoms with Crippen LogP contribution in [0, 0.1) is 24.0 Å². The lowest BCUT2D eigenvalue weighted by atomic mass is 10.2. The number of aryl methyl sites for hydroxylation is 2. The zero-order valence-corrected chi connectivity index (χ0v) is 12.1. The Kier molecular flexibility index (Phi) is 3.84. The number of nitrogens with zero attached hydrogens (tertiary/aromatic N) is 2. The van der Waals surface area contributed by atoms with Gasteiger partial charge in [-0.1, -0.05) is 0 Å². The van der Waals surface area contributed by atoms with Crippen molar-refractivity contribution in [2.24, 2.45) is 0 Å². The van der Waals surface area contributed by atoms with Crippen LogP contribution in [0.4, 0.5) is 11.4 Å². The number of hydrogen-bond donors (Lipinski definition) is 2. The van der Waals surface area contributed by atoms with Crippen molar-refractivity contribution < 1.29 is 4.92 Å². The van der Waals surface area contributed by atoms with Gasteiger partial charge in [0.05, 0.1) is 16.3 Å². The number of benzene rings is 1.